The van der Waals surface area contributed by atoms with Crippen molar-refractivity contribution in [3.63, 3.8) is 0 Å². The standard InChI is InChI=1S/C23H24F4N3OS/c1-22(2,28)21-30-29-20(32-21)16-10-11-19(18(14-16)23(25,26)27)31-12-5-3-4-7-15-8-6-9-17(24)13-15/h6,8-11,13-14H,1,3-5,7,12,28H2,2H3/t22-/m0/s1. The first kappa shape index (κ1) is 24.1. The van der Waals surface area contributed by atoms with Gasteiger partial charge < -0.3 is 10.5 Å². The van der Waals surface area contributed by atoms with Gasteiger partial charge in [-0.1, -0.05) is 23.5 Å². The Kier molecular flexibility index (Phi) is 7.51. The van der Waals surface area contributed by atoms with Crippen LogP contribution in [0.25, 0.3) is 10.6 Å². The maximum atomic E-state index is 13.6. The van der Waals surface area contributed by atoms with E-state index >= 15 is 0 Å². The van der Waals surface area contributed by atoms with Gasteiger partial charge >= 0.3 is 6.18 Å². The molecule has 4 nitrogen and oxygen atoms in total. The predicted octanol–water partition coefficient (Wildman–Crippen LogP) is 6.16. The molecule has 0 aliphatic carbocycles. The van der Waals surface area contributed by atoms with Crippen molar-refractivity contribution >= 4 is 11.3 Å². The van der Waals surface area contributed by atoms with Crippen molar-refractivity contribution in [2.24, 2.45) is 5.73 Å². The Bertz CT molecular complexity index is 1040. The monoisotopic (exact) mass is 466 g/mol. The van der Waals surface area contributed by atoms with Crippen LogP contribution < -0.4 is 10.5 Å². The highest BCUT2D eigenvalue weighted by Crippen LogP contribution is 2.39. The zero-order valence-electron chi connectivity index (χ0n) is 17.6. The van der Waals surface area contributed by atoms with Crippen LogP contribution in [0.4, 0.5) is 17.6 Å². The number of ether oxygens (including phenoxy) is 1. The molecule has 0 spiro atoms. The first-order valence-electron chi connectivity index (χ1n) is 10.1. The van der Waals surface area contributed by atoms with Crippen molar-refractivity contribution in [3.05, 3.63) is 71.3 Å². The number of hydrogen-bond acceptors (Lipinski definition) is 5. The van der Waals surface area contributed by atoms with Crippen LogP contribution >= 0.6 is 11.3 Å². The van der Waals surface area contributed by atoms with Gasteiger partial charge in [0.2, 0.25) is 0 Å². The van der Waals surface area contributed by atoms with Crippen molar-refractivity contribution in [3.8, 4) is 16.3 Å². The fraction of sp³-hybridized carbons (Fsp3) is 0.348. The third-order valence-corrected chi connectivity index (χ3v) is 5.95. The average molecular weight is 467 g/mol. The smallest absolute Gasteiger partial charge is 0.419 e. The number of unbranched alkanes of at least 4 members (excludes halogenated alkanes) is 2. The molecule has 171 valence electrons. The molecule has 0 unspecified atom stereocenters. The molecular formula is C23H24F4N3OS. The molecule has 1 atom stereocenters. The van der Waals surface area contributed by atoms with E-state index in [1.54, 1.807) is 13.0 Å². The Morgan fingerprint density at radius 3 is 2.50 bits per heavy atom. The zero-order chi connectivity index (χ0) is 23.4. The predicted molar refractivity (Wildman–Crippen MR) is 117 cm³/mol. The highest BCUT2D eigenvalue weighted by molar-refractivity contribution is 7.14. The van der Waals surface area contributed by atoms with Crippen LogP contribution in [-0.2, 0) is 18.1 Å². The molecule has 1 heterocycles. The van der Waals surface area contributed by atoms with Crippen LogP contribution in [-0.4, -0.2) is 16.8 Å². The molecule has 0 aliphatic rings. The van der Waals surface area contributed by atoms with Gasteiger partial charge in [0.1, 0.15) is 21.6 Å². The molecule has 9 heteroatoms. The van der Waals surface area contributed by atoms with Crippen LogP contribution in [0.5, 0.6) is 5.75 Å². The van der Waals surface area contributed by atoms with E-state index in [1.807, 2.05) is 6.07 Å². The maximum absolute atomic E-state index is 13.6. The third kappa shape index (κ3) is 6.49. The molecule has 0 aliphatic heterocycles. The Labute approximate surface area is 188 Å². The van der Waals surface area contributed by atoms with Crippen molar-refractivity contribution < 1.29 is 22.3 Å². The van der Waals surface area contributed by atoms with Gasteiger partial charge in [0.15, 0.2) is 0 Å². The number of benzene rings is 2. The Morgan fingerprint density at radius 2 is 1.84 bits per heavy atom. The number of aromatic nitrogens is 2. The lowest BCUT2D eigenvalue weighted by atomic mass is 10.1. The van der Waals surface area contributed by atoms with Crippen LogP contribution in [0.3, 0.4) is 0 Å². The lowest BCUT2D eigenvalue weighted by Crippen LogP contribution is -2.28. The van der Waals surface area contributed by atoms with Gasteiger partial charge in [-0.2, -0.15) is 13.2 Å². The summed E-state index contributed by atoms with van der Waals surface area (Å²) in [5.41, 5.74) is 5.23. The summed E-state index contributed by atoms with van der Waals surface area (Å²) in [6.07, 6.45) is -1.73. The number of nitrogens with zero attached hydrogens (tertiary/aromatic N) is 2. The summed E-state index contributed by atoms with van der Waals surface area (Å²) < 4.78 is 59.5. The second kappa shape index (κ2) is 9.95. The Hall–Kier alpha value is -2.52. The lowest BCUT2D eigenvalue weighted by molar-refractivity contribution is -0.138. The molecule has 3 aromatic rings. The maximum Gasteiger partial charge on any atom is 0.419 e. The molecule has 2 aromatic carbocycles. The van der Waals surface area contributed by atoms with E-state index in [0.29, 0.717) is 22.9 Å². The second-order valence-electron chi connectivity index (χ2n) is 7.83. The molecule has 0 saturated carbocycles. The van der Waals surface area contributed by atoms with Crippen LogP contribution in [0.15, 0.2) is 42.5 Å². The van der Waals surface area contributed by atoms with E-state index in [4.69, 9.17) is 10.5 Å². The minimum absolute atomic E-state index is 0.154. The first-order valence-corrected chi connectivity index (χ1v) is 10.9. The summed E-state index contributed by atoms with van der Waals surface area (Å²) >= 11 is 1.10. The minimum atomic E-state index is -4.58. The highest BCUT2D eigenvalue weighted by atomic mass is 32.1. The number of halogens is 4. The normalized spacial score (nSPS) is 12.2. The van der Waals surface area contributed by atoms with Gasteiger partial charge in [0.25, 0.3) is 0 Å². The van der Waals surface area contributed by atoms with Crippen LogP contribution in [0, 0.1) is 12.7 Å². The highest BCUT2D eigenvalue weighted by Gasteiger charge is 2.35. The number of hydrogen-bond donors (Lipinski definition) is 1. The van der Waals surface area contributed by atoms with Gasteiger partial charge in [-0.15, -0.1) is 10.2 Å². The van der Waals surface area contributed by atoms with Crippen molar-refractivity contribution in [1.82, 2.24) is 10.2 Å². The second-order valence-corrected chi connectivity index (χ2v) is 8.81. The van der Waals surface area contributed by atoms with Gasteiger partial charge in [0.05, 0.1) is 17.7 Å². The van der Waals surface area contributed by atoms with Crippen molar-refractivity contribution in [2.45, 2.75) is 44.3 Å². The summed E-state index contributed by atoms with van der Waals surface area (Å²) in [7, 11) is 0. The number of aryl methyl sites for hydroxylation is 1. The zero-order valence-corrected chi connectivity index (χ0v) is 18.4. The van der Waals surface area contributed by atoms with E-state index in [9.17, 15) is 17.6 Å². The lowest BCUT2D eigenvalue weighted by Gasteiger charge is -2.15. The largest absolute Gasteiger partial charge is 0.493 e. The minimum Gasteiger partial charge on any atom is -0.493 e. The molecule has 0 fully saturated rings. The molecular weight excluding hydrogens is 442 g/mol. The summed E-state index contributed by atoms with van der Waals surface area (Å²) in [5, 5.41) is 8.64. The SMILES string of the molecule is [CH2][C@@](C)(N)c1nnc(-c2ccc(OCCCCCc3cccc(F)c3)c(C(F)(F)F)c2)s1. The van der Waals surface area contributed by atoms with Gasteiger partial charge in [-0.05, 0) is 75.4 Å². The first-order chi connectivity index (χ1) is 15.0. The fourth-order valence-electron chi connectivity index (χ4n) is 3.06. The molecule has 1 aromatic heterocycles. The summed E-state index contributed by atoms with van der Waals surface area (Å²) in [6, 6.07) is 10.2. The van der Waals surface area contributed by atoms with Crippen molar-refractivity contribution in [2.75, 3.05) is 6.61 Å². The van der Waals surface area contributed by atoms with E-state index in [-0.39, 0.29) is 23.7 Å². The topological polar surface area (TPSA) is 61.0 Å². The van der Waals surface area contributed by atoms with Crippen LogP contribution in [0.2, 0.25) is 0 Å². The summed E-state index contributed by atoms with van der Waals surface area (Å²) in [5.74, 6) is -0.501. The fourth-order valence-corrected chi connectivity index (χ4v) is 3.89. The van der Waals surface area contributed by atoms with E-state index < -0.39 is 17.3 Å². The van der Waals surface area contributed by atoms with Gasteiger partial charge in [0, 0.05) is 5.56 Å². The molecule has 0 bridgehead atoms. The summed E-state index contributed by atoms with van der Waals surface area (Å²) in [6.45, 7) is 5.56. The van der Waals surface area contributed by atoms with E-state index in [1.165, 1.54) is 24.3 Å². The molecule has 1 radical (unpaired) electrons. The molecule has 0 amide bonds. The number of nitrogens with two attached hydrogens (primary N) is 1. The van der Waals surface area contributed by atoms with E-state index in [2.05, 4.69) is 17.1 Å². The van der Waals surface area contributed by atoms with Gasteiger partial charge in [-0.25, -0.2) is 4.39 Å². The Morgan fingerprint density at radius 1 is 1.06 bits per heavy atom. The van der Waals surface area contributed by atoms with Crippen LogP contribution in [0.1, 0.15) is 42.3 Å². The summed E-state index contributed by atoms with van der Waals surface area (Å²) in [4.78, 5) is 0. The Balaban J connectivity index is 1.60. The quantitative estimate of drug-likeness (QED) is 0.303. The number of alkyl halides is 3. The molecule has 2 N–H and O–H groups in total. The van der Waals surface area contributed by atoms with E-state index in [0.717, 1.165) is 35.8 Å². The van der Waals surface area contributed by atoms with Crippen molar-refractivity contribution in [1.29, 1.82) is 0 Å². The van der Waals surface area contributed by atoms with Gasteiger partial charge in [-0.3, -0.25) is 0 Å². The number of rotatable bonds is 9. The molecule has 3 rings (SSSR count). The third-order valence-electron chi connectivity index (χ3n) is 4.70. The average Bonchev–Trinajstić information content (AvgIpc) is 3.21. The molecule has 0 saturated heterocycles. The molecule has 32 heavy (non-hydrogen) atoms.